The molecule has 0 aliphatic heterocycles. The van der Waals surface area contributed by atoms with Crippen LogP contribution in [0.3, 0.4) is 0 Å². The van der Waals surface area contributed by atoms with Crippen LogP contribution in [-0.4, -0.2) is 93.7 Å². The Kier molecular flexibility index (Phi) is 44.1. The van der Waals surface area contributed by atoms with Gasteiger partial charge in [0.25, 0.3) is 0 Å². The van der Waals surface area contributed by atoms with Gasteiger partial charge in [0.15, 0.2) is 0 Å². The van der Waals surface area contributed by atoms with Crippen molar-refractivity contribution < 1.29 is 52.4 Å². The zero-order chi connectivity index (χ0) is 47.1. The lowest BCUT2D eigenvalue weighted by atomic mass is 10.0. The number of nitrogens with zero attached hydrogens (tertiary/aromatic N) is 1. The van der Waals surface area contributed by atoms with Crippen molar-refractivity contribution in [2.24, 2.45) is 5.92 Å². The molecule has 0 amide bonds. The van der Waals surface area contributed by atoms with Crippen LogP contribution in [0, 0.1) is 5.92 Å². The minimum absolute atomic E-state index is 0.0361. The number of rotatable bonds is 46. The first-order valence-electron chi connectivity index (χ1n) is 26.0. The summed E-state index contributed by atoms with van der Waals surface area (Å²) in [6.45, 7) is 13.6. The van der Waals surface area contributed by atoms with Crippen molar-refractivity contribution in [1.82, 2.24) is 4.90 Å². The molecule has 0 aliphatic carbocycles. The normalized spacial score (nSPS) is 11.9. The molecule has 0 aromatic rings. The monoisotopic (exact) mass is 910 g/mol. The summed E-state index contributed by atoms with van der Waals surface area (Å²) in [6, 6.07) is 0. The molecule has 0 radical (unpaired) electrons. The zero-order valence-electron chi connectivity index (χ0n) is 41.6. The molecule has 374 valence electrons. The van der Waals surface area contributed by atoms with Crippen LogP contribution in [0.5, 0.6) is 0 Å². The summed E-state index contributed by atoms with van der Waals surface area (Å²) in [6.07, 6.45) is 30.7. The van der Waals surface area contributed by atoms with Crippen LogP contribution < -0.4 is 0 Å². The van der Waals surface area contributed by atoms with E-state index in [0.29, 0.717) is 32.3 Å². The maximum absolute atomic E-state index is 12.8. The molecule has 12 nitrogen and oxygen atoms in total. The average Bonchev–Trinajstić information content (AvgIpc) is 3.28. The second-order valence-electron chi connectivity index (χ2n) is 17.4. The van der Waals surface area contributed by atoms with E-state index in [9.17, 15) is 24.0 Å². The highest BCUT2D eigenvalue weighted by atomic mass is 16.7. The Morgan fingerprint density at radius 2 is 0.891 bits per heavy atom. The molecule has 0 bridgehead atoms. The van der Waals surface area contributed by atoms with Crippen LogP contribution in [0.25, 0.3) is 0 Å². The molecule has 0 fully saturated rings. The van der Waals surface area contributed by atoms with E-state index in [1.54, 1.807) is 0 Å². The molecule has 1 atom stereocenters. The third kappa shape index (κ3) is 41.5. The third-order valence-electron chi connectivity index (χ3n) is 11.4. The molecular formula is C52H95NO11. The summed E-state index contributed by atoms with van der Waals surface area (Å²) >= 11 is 0. The number of unbranched alkanes of at least 4 members (excludes halogenated alkanes) is 18. The van der Waals surface area contributed by atoms with Crippen molar-refractivity contribution in [2.45, 2.75) is 233 Å². The first-order chi connectivity index (χ1) is 31.2. The van der Waals surface area contributed by atoms with Crippen molar-refractivity contribution in [3.8, 4) is 0 Å². The minimum atomic E-state index is -0.828. The lowest BCUT2D eigenvalue weighted by Crippen LogP contribution is -2.27. The number of carbonyl (C=O) groups excluding carboxylic acids is 5. The Bertz CT molecular complexity index is 1140. The van der Waals surface area contributed by atoms with Gasteiger partial charge in [0, 0.05) is 32.2 Å². The predicted molar refractivity (Wildman–Crippen MR) is 256 cm³/mol. The smallest absolute Gasteiger partial charge is 0.465 e. The summed E-state index contributed by atoms with van der Waals surface area (Å²) in [5, 5.41) is 0. The van der Waals surface area contributed by atoms with E-state index in [2.05, 4.69) is 45.6 Å². The van der Waals surface area contributed by atoms with Gasteiger partial charge in [-0.2, -0.15) is 0 Å². The summed E-state index contributed by atoms with van der Waals surface area (Å²) in [4.78, 5) is 64.8. The lowest BCUT2D eigenvalue weighted by Gasteiger charge is -2.19. The maximum atomic E-state index is 12.8. The zero-order valence-corrected chi connectivity index (χ0v) is 41.6. The molecule has 12 heteroatoms. The highest BCUT2D eigenvalue weighted by molar-refractivity contribution is 5.72. The fourth-order valence-corrected chi connectivity index (χ4v) is 7.27. The Morgan fingerprint density at radius 3 is 1.44 bits per heavy atom. The molecule has 0 heterocycles. The van der Waals surface area contributed by atoms with Crippen LogP contribution in [-0.2, 0) is 47.6 Å². The molecular weight excluding hydrogens is 815 g/mol. The fourth-order valence-electron chi connectivity index (χ4n) is 7.27. The minimum Gasteiger partial charge on any atom is -0.465 e. The number of esters is 4. The van der Waals surface area contributed by atoms with Crippen molar-refractivity contribution in [3.63, 3.8) is 0 Å². The largest absolute Gasteiger partial charge is 0.508 e. The lowest BCUT2D eigenvalue weighted by molar-refractivity contribution is -0.151. The fraction of sp³-hybridized carbons (Fsp3) is 0.865. The molecule has 0 saturated carbocycles. The first kappa shape index (κ1) is 60.9. The SMILES string of the molecule is CCCCCCC=CCOC(=O)CCCCCCCC(=O)OCC(COC(=O)CCCC(=O)OC(CCCCCCCC)CCCCCCCC)COC(=O)OCCCN(CC)CC. The van der Waals surface area contributed by atoms with Crippen molar-refractivity contribution in [2.75, 3.05) is 52.7 Å². The molecule has 0 N–H and O–H groups in total. The average molecular weight is 910 g/mol. The second kappa shape index (κ2) is 46.4. The summed E-state index contributed by atoms with van der Waals surface area (Å²) in [7, 11) is 0. The molecule has 0 rings (SSSR count). The Hall–Kier alpha value is -3.15. The Balaban J connectivity index is 4.78. The van der Waals surface area contributed by atoms with E-state index >= 15 is 0 Å². The van der Waals surface area contributed by atoms with Crippen molar-refractivity contribution in [1.29, 1.82) is 0 Å². The van der Waals surface area contributed by atoms with Gasteiger partial charge in [-0.15, -0.1) is 0 Å². The van der Waals surface area contributed by atoms with Gasteiger partial charge < -0.3 is 33.3 Å². The quantitative estimate of drug-likeness (QED) is 0.0248. The van der Waals surface area contributed by atoms with Crippen LogP contribution >= 0.6 is 0 Å². The van der Waals surface area contributed by atoms with Gasteiger partial charge >= 0.3 is 30.0 Å². The van der Waals surface area contributed by atoms with Crippen molar-refractivity contribution in [3.05, 3.63) is 12.2 Å². The van der Waals surface area contributed by atoms with E-state index in [-0.39, 0.29) is 69.7 Å². The van der Waals surface area contributed by atoms with Crippen LogP contribution in [0.2, 0.25) is 0 Å². The summed E-state index contributed by atoms with van der Waals surface area (Å²) < 4.78 is 32.8. The topological polar surface area (TPSA) is 144 Å². The molecule has 1 unspecified atom stereocenters. The van der Waals surface area contributed by atoms with Gasteiger partial charge in [-0.1, -0.05) is 150 Å². The van der Waals surface area contributed by atoms with Crippen LogP contribution in [0.4, 0.5) is 4.79 Å². The molecule has 0 aromatic heterocycles. The van der Waals surface area contributed by atoms with Gasteiger partial charge in [0.1, 0.15) is 32.5 Å². The summed E-state index contributed by atoms with van der Waals surface area (Å²) in [5.41, 5.74) is 0. The number of hydrogen-bond acceptors (Lipinski definition) is 12. The standard InChI is InChI=1S/C52H95NO11/c1-6-11-14-17-20-26-31-41-59-48(54)36-29-24-21-25-30-37-49(55)61-43-46(45-63-52(58)60-42-33-40-53(9-4)10-5)44-62-50(56)38-32-39-51(57)64-47(34-27-22-18-15-12-7-2)35-28-23-19-16-13-8-3/h26,31,46-47H,6-25,27-30,32-45H2,1-5H3. The number of ether oxygens (including phenoxy) is 6. The van der Waals surface area contributed by atoms with Crippen molar-refractivity contribution >= 4 is 30.0 Å². The molecule has 0 saturated heterocycles. The van der Waals surface area contributed by atoms with Gasteiger partial charge in [-0.3, -0.25) is 19.2 Å². The van der Waals surface area contributed by atoms with Gasteiger partial charge in [-0.05, 0) is 77.3 Å². The molecule has 0 aliphatic rings. The van der Waals surface area contributed by atoms with E-state index in [1.807, 2.05) is 6.08 Å². The van der Waals surface area contributed by atoms with Gasteiger partial charge in [0.2, 0.25) is 0 Å². The maximum Gasteiger partial charge on any atom is 0.508 e. The molecule has 0 aromatic carbocycles. The summed E-state index contributed by atoms with van der Waals surface area (Å²) in [5.74, 6) is -1.94. The van der Waals surface area contributed by atoms with E-state index < -0.39 is 18.0 Å². The van der Waals surface area contributed by atoms with E-state index in [4.69, 9.17) is 28.4 Å². The number of carbonyl (C=O) groups is 5. The number of hydrogen-bond donors (Lipinski definition) is 0. The van der Waals surface area contributed by atoms with E-state index in [0.717, 1.165) is 90.3 Å². The predicted octanol–water partition coefficient (Wildman–Crippen LogP) is 13.0. The first-order valence-corrected chi connectivity index (χ1v) is 26.0. The van der Waals surface area contributed by atoms with Crippen LogP contribution in [0.15, 0.2) is 12.2 Å². The van der Waals surface area contributed by atoms with Gasteiger partial charge in [-0.25, -0.2) is 4.79 Å². The molecule has 0 spiro atoms. The Morgan fingerprint density at radius 1 is 0.438 bits per heavy atom. The highest BCUT2D eigenvalue weighted by Crippen LogP contribution is 2.18. The van der Waals surface area contributed by atoms with Gasteiger partial charge in [0.05, 0.1) is 12.5 Å². The van der Waals surface area contributed by atoms with E-state index in [1.165, 1.54) is 77.0 Å². The highest BCUT2D eigenvalue weighted by Gasteiger charge is 2.20. The molecule has 64 heavy (non-hydrogen) atoms. The van der Waals surface area contributed by atoms with Crippen LogP contribution in [0.1, 0.15) is 227 Å². The Labute approximate surface area is 390 Å². The number of allylic oxidation sites excluding steroid dienone is 1. The third-order valence-corrected chi connectivity index (χ3v) is 11.4. The second-order valence-corrected chi connectivity index (χ2v) is 17.4.